The molecule has 0 bridgehead atoms. The topological polar surface area (TPSA) is 98.8 Å². The molecule has 1 heterocycles. The molecule has 1 aromatic heterocycles. The van der Waals surface area contributed by atoms with E-state index >= 15 is 0 Å². The number of methoxy groups -OCH3 is 1. The van der Waals surface area contributed by atoms with Crippen molar-refractivity contribution in [1.29, 1.82) is 0 Å². The molecule has 0 saturated heterocycles. The van der Waals surface area contributed by atoms with Crippen LogP contribution in [-0.4, -0.2) is 30.8 Å². The highest BCUT2D eigenvalue weighted by Crippen LogP contribution is 2.29. The molecule has 0 saturated carbocycles. The molecule has 0 fully saturated rings. The highest BCUT2D eigenvalue weighted by molar-refractivity contribution is 7.17. The van der Waals surface area contributed by atoms with Gasteiger partial charge in [0.15, 0.2) is 16.6 Å². The molecule has 3 N–H and O–H groups in total. The Balaban J connectivity index is 2.14. The van der Waals surface area contributed by atoms with Gasteiger partial charge in [-0.05, 0) is 26.0 Å². The van der Waals surface area contributed by atoms with Crippen LogP contribution in [0.15, 0.2) is 23.3 Å². The first-order chi connectivity index (χ1) is 11.1. The van der Waals surface area contributed by atoms with Gasteiger partial charge in [0.25, 0.3) is 5.91 Å². The first-order valence-corrected chi connectivity index (χ1v) is 7.74. The van der Waals surface area contributed by atoms with Gasteiger partial charge in [0.2, 0.25) is 0 Å². The molecule has 0 spiro atoms. The van der Waals surface area contributed by atoms with Crippen LogP contribution in [-0.2, 0) is 0 Å². The van der Waals surface area contributed by atoms with Crippen molar-refractivity contribution in [3.63, 3.8) is 0 Å². The van der Waals surface area contributed by atoms with Gasteiger partial charge in [0.05, 0.1) is 25.6 Å². The van der Waals surface area contributed by atoms with Gasteiger partial charge in [0, 0.05) is 5.56 Å². The fourth-order valence-corrected chi connectivity index (χ4v) is 2.66. The summed E-state index contributed by atoms with van der Waals surface area (Å²) in [6, 6.07) is 5.43. The molecule has 0 atom stereocenters. The van der Waals surface area contributed by atoms with Gasteiger partial charge in [-0.15, -0.1) is 0 Å². The van der Waals surface area contributed by atoms with Crippen LogP contribution in [0.1, 0.15) is 27.9 Å². The molecule has 2 aromatic rings. The second-order valence-corrected chi connectivity index (χ2v) is 5.51. The number of nitrogens with zero attached hydrogens (tertiary/aromatic N) is 2. The number of aryl methyl sites for hydroxylation is 1. The van der Waals surface area contributed by atoms with Gasteiger partial charge in [-0.3, -0.25) is 4.79 Å². The van der Waals surface area contributed by atoms with Crippen molar-refractivity contribution < 1.29 is 14.3 Å². The quantitative estimate of drug-likeness (QED) is 0.623. The predicted molar refractivity (Wildman–Crippen MR) is 90.5 cm³/mol. The van der Waals surface area contributed by atoms with Gasteiger partial charge in [-0.2, -0.15) is 5.10 Å². The van der Waals surface area contributed by atoms with Crippen molar-refractivity contribution >= 4 is 28.6 Å². The number of rotatable bonds is 6. The van der Waals surface area contributed by atoms with Crippen LogP contribution >= 0.6 is 11.3 Å². The van der Waals surface area contributed by atoms with Crippen LogP contribution in [0.2, 0.25) is 0 Å². The maximum Gasteiger partial charge on any atom is 0.283 e. The maximum atomic E-state index is 12.0. The standard InChI is InChI=1S/C15H18N4O3S/c1-4-22-12-10(6-5-7-11(12)21-3)8-17-19-14(20)13-9(2)18-15(16)23-13/h5-8H,4H2,1-3H3,(H2,16,18)(H,19,20)/b17-8-. The number of nitrogens with two attached hydrogens (primary N) is 1. The fraction of sp³-hybridized carbons (Fsp3) is 0.267. The zero-order chi connectivity index (χ0) is 16.8. The molecular weight excluding hydrogens is 316 g/mol. The van der Waals surface area contributed by atoms with E-state index in [0.29, 0.717) is 39.4 Å². The minimum absolute atomic E-state index is 0.350. The molecule has 0 radical (unpaired) electrons. The number of carbonyl (C=O) groups is 1. The maximum absolute atomic E-state index is 12.0. The van der Waals surface area contributed by atoms with Crippen molar-refractivity contribution in [2.45, 2.75) is 13.8 Å². The van der Waals surface area contributed by atoms with E-state index in [0.717, 1.165) is 11.3 Å². The third kappa shape index (κ3) is 3.98. The van der Waals surface area contributed by atoms with Crippen molar-refractivity contribution in [1.82, 2.24) is 10.4 Å². The van der Waals surface area contributed by atoms with Gasteiger partial charge in [0.1, 0.15) is 4.88 Å². The molecule has 1 amide bonds. The summed E-state index contributed by atoms with van der Waals surface area (Å²) in [4.78, 5) is 16.5. The molecule has 7 nitrogen and oxygen atoms in total. The molecule has 2 rings (SSSR count). The summed E-state index contributed by atoms with van der Waals surface area (Å²) in [6.07, 6.45) is 1.51. The number of nitrogens with one attached hydrogen (secondary N) is 1. The monoisotopic (exact) mass is 334 g/mol. The number of amides is 1. The lowest BCUT2D eigenvalue weighted by Crippen LogP contribution is -2.17. The zero-order valence-corrected chi connectivity index (χ0v) is 13.9. The Morgan fingerprint density at radius 1 is 1.52 bits per heavy atom. The molecule has 0 aliphatic carbocycles. The number of ether oxygens (including phenoxy) is 2. The Hall–Kier alpha value is -2.61. The summed E-state index contributed by atoms with van der Waals surface area (Å²) in [5.41, 5.74) is 9.32. The Kier molecular flexibility index (Phi) is 5.53. The van der Waals surface area contributed by atoms with E-state index in [4.69, 9.17) is 15.2 Å². The number of hydrogen-bond acceptors (Lipinski definition) is 7. The Labute approximate surface area is 138 Å². The lowest BCUT2D eigenvalue weighted by Gasteiger charge is -2.11. The lowest BCUT2D eigenvalue weighted by molar-refractivity contribution is 0.0958. The number of nitrogen functional groups attached to an aromatic ring is 1. The van der Waals surface area contributed by atoms with E-state index in [1.54, 1.807) is 20.1 Å². The van der Waals surface area contributed by atoms with E-state index in [2.05, 4.69) is 15.5 Å². The van der Waals surface area contributed by atoms with Crippen molar-refractivity contribution in [2.75, 3.05) is 19.5 Å². The van der Waals surface area contributed by atoms with E-state index in [-0.39, 0.29) is 5.91 Å². The predicted octanol–water partition coefficient (Wildman–Crippen LogP) is 2.20. The average Bonchev–Trinajstić information content (AvgIpc) is 2.87. The summed E-state index contributed by atoms with van der Waals surface area (Å²) in [6.45, 7) is 4.10. The Morgan fingerprint density at radius 2 is 2.30 bits per heavy atom. The number of carbonyl (C=O) groups excluding carboxylic acids is 1. The first-order valence-electron chi connectivity index (χ1n) is 6.93. The minimum atomic E-state index is -0.353. The summed E-state index contributed by atoms with van der Waals surface area (Å²) < 4.78 is 10.8. The summed E-state index contributed by atoms with van der Waals surface area (Å²) in [5.74, 6) is 0.829. The van der Waals surface area contributed by atoms with Gasteiger partial charge in [-0.1, -0.05) is 17.4 Å². The summed E-state index contributed by atoms with van der Waals surface area (Å²) in [5, 5.41) is 4.31. The normalized spacial score (nSPS) is 10.7. The van der Waals surface area contributed by atoms with Gasteiger partial charge >= 0.3 is 0 Å². The van der Waals surface area contributed by atoms with E-state index < -0.39 is 0 Å². The van der Waals surface area contributed by atoms with Crippen LogP contribution in [0.5, 0.6) is 11.5 Å². The lowest BCUT2D eigenvalue weighted by atomic mass is 10.2. The third-order valence-electron chi connectivity index (χ3n) is 2.91. The Morgan fingerprint density at radius 3 is 2.91 bits per heavy atom. The molecular formula is C15H18N4O3S. The molecule has 23 heavy (non-hydrogen) atoms. The minimum Gasteiger partial charge on any atom is -0.493 e. The van der Waals surface area contributed by atoms with Crippen LogP contribution < -0.4 is 20.6 Å². The van der Waals surface area contributed by atoms with Crippen LogP contribution in [0.4, 0.5) is 5.13 Å². The number of aromatic nitrogens is 1. The second kappa shape index (κ2) is 7.59. The van der Waals surface area contributed by atoms with Gasteiger partial charge < -0.3 is 15.2 Å². The number of para-hydroxylation sites is 1. The fourth-order valence-electron chi connectivity index (χ4n) is 1.93. The average molecular weight is 334 g/mol. The molecule has 0 aliphatic rings. The van der Waals surface area contributed by atoms with Crippen LogP contribution in [0.25, 0.3) is 0 Å². The highest BCUT2D eigenvalue weighted by atomic mass is 32.1. The molecule has 0 unspecified atom stereocenters. The molecule has 8 heteroatoms. The largest absolute Gasteiger partial charge is 0.493 e. The third-order valence-corrected chi connectivity index (χ3v) is 3.89. The smallest absolute Gasteiger partial charge is 0.283 e. The van der Waals surface area contributed by atoms with Crippen molar-refractivity contribution in [3.05, 3.63) is 34.3 Å². The number of thiazole rings is 1. The SMILES string of the molecule is CCOc1c(/C=N\NC(=O)c2sc(N)nc2C)cccc1OC. The zero-order valence-electron chi connectivity index (χ0n) is 13.1. The molecule has 0 aliphatic heterocycles. The van der Waals surface area contributed by atoms with E-state index in [1.807, 2.05) is 19.1 Å². The van der Waals surface area contributed by atoms with Crippen LogP contribution in [0, 0.1) is 6.92 Å². The number of hydrogen-bond donors (Lipinski definition) is 2. The number of anilines is 1. The molecule has 122 valence electrons. The highest BCUT2D eigenvalue weighted by Gasteiger charge is 2.13. The summed E-state index contributed by atoms with van der Waals surface area (Å²) in [7, 11) is 1.57. The number of benzene rings is 1. The first kappa shape index (κ1) is 16.8. The Bertz CT molecular complexity index is 728. The van der Waals surface area contributed by atoms with Crippen molar-refractivity contribution in [2.24, 2.45) is 5.10 Å². The summed E-state index contributed by atoms with van der Waals surface area (Å²) >= 11 is 1.12. The van der Waals surface area contributed by atoms with Gasteiger partial charge in [-0.25, -0.2) is 10.4 Å². The number of hydrazone groups is 1. The second-order valence-electron chi connectivity index (χ2n) is 4.48. The van der Waals surface area contributed by atoms with Crippen LogP contribution in [0.3, 0.4) is 0 Å². The van der Waals surface area contributed by atoms with Crippen molar-refractivity contribution in [3.8, 4) is 11.5 Å². The van der Waals surface area contributed by atoms with E-state index in [1.165, 1.54) is 6.21 Å². The van der Waals surface area contributed by atoms with E-state index in [9.17, 15) is 4.79 Å². The molecule has 1 aromatic carbocycles.